The van der Waals surface area contributed by atoms with Crippen molar-refractivity contribution in [2.45, 2.75) is 51.9 Å². The molecule has 19 heavy (non-hydrogen) atoms. The summed E-state index contributed by atoms with van der Waals surface area (Å²) in [5.74, 6) is -0.328. The predicted octanol–water partition coefficient (Wildman–Crippen LogP) is 2.95. The second kappa shape index (κ2) is 8.75. The molecular formula is C15H24O3Si. The van der Waals surface area contributed by atoms with Crippen LogP contribution in [0.4, 0.5) is 0 Å². The molecule has 0 fully saturated rings. The van der Waals surface area contributed by atoms with Gasteiger partial charge in [0.15, 0.2) is 0 Å². The third-order valence-electron chi connectivity index (χ3n) is 3.33. The number of carboxylic acids is 1. The molecule has 0 unspecified atom stereocenters. The van der Waals surface area contributed by atoms with Crippen LogP contribution in [-0.4, -0.2) is 21.6 Å². The zero-order valence-corrected chi connectivity index (χ0v) is 13.9. The van der Waals surface area contributed by atoms with Crippen LogP contribution in [0.2, 0.25) is 0 Å². The lowest BCUT2D eigenvalue weighted by Crippen LogP contribution is -2.04. The molecule has 1 N–H and O–H groups in total. The molecule has 0 amide bonds. The monoisotopic (exact) mass is 280 g/mol. The highest BCUT2D eigenvalue weighted by molar-refractivity contribution is 6.02. The van der Waals surface area contributed by atoms with Gasteiger partial charge in [-0.05, 0) is 24.5 Å². The number of hydrogen-bond donors (Lipinski definition) is 1. The first kappa shape index (κ1) is 15.8. The topological polar surface area (TPSA) is 46.5 Å². The minimum atomic E-state index is -0.907. The van der Waals surface area contributed by atoms with Gasteiger partial charge in [-0.1, -0.05) is 51.2 Å². The van der Waals surface area contributed by atoms with E-state index in [0.29, 0.717) is 21.8 Å². The van der Waals surface area contributed by atoms with Crippen molar-refractivity contribution in [2.24, 2.45) is 0 Å². The van der Waals surface area contributed by atoms with Gasteiger partial charge in [-0.25, -0.2) is 4.79 Å². The lowest BCUT2D eigenvalue weighted by Gasteiger charge is -2.11. The average Bonchev–Trinajstić information content (AvgIpc) is 2.42. The molecule has 0 radical (unpaired) electrons. The van der Waals surface area contributed by atoms with Crippen molar-refractivity contribution >= 4 is 16.5 Å². The zero-order chi connectivity index (χ0) is 14.1. The number of aryl methyl sites for hydroxylation is 1. The molecule has 0 aliphatic carbocycles. The van der Waals surface area contributed by atoms with E-state index >= 15 is 0 Å². The van der Waals surface area contributed by atoms with E-state index < -0.39 is 5.97 Å². The Morgan fingerprint density at radius 3 is 2.53 bits per heavy atom. The van der Waals surface area contributed by atoms with Crippen molar-refractivity contribution in [3.63, 3.8) is 0 Å². The van der Waals surface area contributed by atoms with Crippen LogP contribution in [0.3, 0.4) is 0 Å². The molecule has 1 aromatic carbocycles. The molecule has 4 heteroatoms. The van der Waals surface area contributed by atoms with Crippen LogP contribution in [-0.2, 0) is 6.42 Å². The molecule has 0 aromatic heterocycles. The van der Waals surface area contributed by atoms with Gasteiger partial charge >= 0.3 is 5.97 Å². The molecular weight excluding hydrogens is 256 g/mol. The first-order valence-corrected chi connectivity index (χ1v) is 7.91. The van der Waals surface area contributed by atoms with Crippen LogP contribution in [0.25, 0.3) is 0 Å². The Morgan fingerprint density at radius 1 is 1.21 bits per heavy atom. The molecule has 1 aromatic rings. The van der Waals surface area contributed by atoms with Crippen LogP contribution in [0.1, 0.15) is 61.4 Å². The summed E-state index contributed by atoms with van der Waals surface area (Å²) < 4.78 is 5.39. The first-order chi connectivity index (χ1) is 9.20. The molecule has 0 heterocycles. The number of rotatable bonds is 9. The van der Waals surface area contributed by atoms with E-state index in [-0.39, 0.29) is 0 Å². The number of aromatic carboxylic acids is 1. The van der Waals surface area contributed by atoms with E-state index in [1.165, 1.54) is 32.1 Å². The van der Waals surface area contributed by atoms with Crippen LogP contribution in [0, 0.1) is 0 Å². The fraction of sp³-hybridized carbons (Fsp3) is 0.533. The van der Waals surface area contributed by atoms with Gasteiger partial charge in [-0.3, -0.25) is 0 Å². The average molecular weight is 280 g/mol. The highest BCUT2D eigenvalue weighted by Gasteiger charge is 2.13. The second-order valence-electron chi connectivity index (χ2n) is 4.82. The minimum Gasteiger partial charge on any atom is -0.552 e. The van der Waals surface area contributed by atoms with E-state index in [1.807, 2.05) is 6.07 Å². The molecule has 0 aliphatic heterocycles. The van der Waals surface area contributed by atoms with E-state index in [9.17, 15) is 4.79 Å². The normalized spacial score (nSPS) is 10.6. The Labute approximate surface area is 118 Å². The summed E-state index contributed by atoms with van der Waals surface area (Å²) in [6.45, 7) is 2.21. The molecule has 0 bridgehead atoms. The summed E-state index contributed by atoms with van der Waals surface area (Å²) in [5, 5.41) is 9.13. The Hall–Kier alpha value is -1.29. The maximum Gasteiger partial charge on any atom is 0.339 e. The number of carbonyl (C=O) groups is 1. The number of unbranched alkanes of at least 4 members (excludes halogenated alkanes) is 5. The van der Waals surface area contributed by atoms with Gasteiger partial charge in [0.1, 0.15) is 11.3 Å². The number of para-hydroxylation sites is 1. The maximum atomic E-state index is 11.1. The summed E-state index contributed by atoms with van der Waals surface area (Å²) in [6.07, 6.45) is 8.36. The molecule has 0 aliphatic rings. The summed E-state index contributed by atoms with van der Waals surface area (Å²) >= 11 is 0. The quantitative estimate of drug-likeness (QED) is 0.559. The highest BCUT2D eigenvalue weighted by atomic mass is 28.2. The zero-order valence-electron chi connectivity index (χ0n) is 11.9. The van der Waals surface area contributed by atoms with Gasteiger partial charge in [-0.2, -0.15) is 0 Å². The van der Waals surface area contributed by atoms with Crippen molar-refractivity contribution in [1.29, 1.82) is 0 Å². The molecule has 106 valence electrons. The van der Waals surface area contributed by atoms with Crippen LogP contribution >= 0.6 is 0 Å². The Morgan fingerprint density at radius 2 is 1.89 bits per heavy atom. The molecule has 0 saturated carbocycles. The molecule has 3 nitrogen and oxygen atoms in total. The predicted molar refractivity (Wildman–Crippen MR) is 81.0 cm³/mol. The summed E-state index contributed by atoms with van der Waals surface area (Å²) in [5.41, 5.74) is 1.32. The van der Waals surface area contributed by atoms with Crippen molar-refractivity contribution in [3.8, 4) is 5.75 Å². The van der Waals surface area contributed by atoms with Crippen LogP contribution in [0.15, 0.2) is 18.2 Å². The fourth-order valence-electron chi connectivity index (χ4n) is 2.29. The molecule has 0 spiro atoms. The standard InChI is InChI=1S/C15H24O3Si/c1-2-3-4-5-6-7-9-12-10-8-11-13(15(16)17)14(12)18-19/h8,10-11H,2-7,9H2,1,19H3,(H,16,17). The van der Waals surface area contributed by atoms with Gasteiger partial charge < -0.3 is 9.53 Å². The molecule has 0 saturated heterocycles. The van der Waals surface area contributed by atoms with Crippen LogP contribution < -0.4 is 4.43 Å². The third kappa shape index (κ3) is 5.07. The fourth-order valence-corrected chi connectivity index (χ4v) is 2.77. The van der Waals surface area contributed by atoms with E-state index in [2.05, 4.69) is 6.92 Å². The number of hydrogen-bond acceptors (Lipinski definition) is 2. The Bertz CT molecular complexity index is 404. The van der Waals surface area contributed by atoms with Gasteiger partial charge in [0.2, 0.25) is 10.5 Å². The molecule has 1 rings (SSSR count). The minimum absolute atomic E-state index is 0.290. The van der Waals surface area contributed by atoms with E-state index in [0.717, 1.165) is 18.4 Å². The molecule has 0 atom stereocenters. The summed E-state index contributed by atoms with van der Waals surface area (Å²) in [4.78, 5) is 11.1. The van der Waals surface area contributed by atoms with Crippen molar-refractivity contribution in [3.05, 3.63) is 29.3 Å². The Kier molecular flexibility index (Phi) is 7.26. The first-order valence-electron chi connectivity index (χ1n) is 7.09. The highest BCUT2D eigenvalue weighted by Crippen LogP contribution is 2.25. The van der Waals surface area contributed by atoms with Crippen LogP contribution in [0.5, 0.6) is 5.75 Å². The van der Waals surface area contributed by atoms with Crippen molar-refractivity contribution < 1.29 is 14.3 Å². The summed E-state index contributed by atoms with van der Waals surface area (Å²) in [6, 6.07) is 5.39. The number of benzene rings is 1. The van der Waals surface area contributed by atoms with Gasteiger partial charge in [0.05, 0.1) is 0 Å². The van der Waals surface area contributed by atoms with Crippen molar-refractivity contribution in [1.82, 2.24) is 0 Å². The summed E-state index contributed by atoms with van der Waals surface area (Å²) in [7, 11) is 0.517. The van der Waals surface area contributed by atoms with E-state index in [1.54, 1.807) is 12.1 Å². The maximum absolute atomic E-state index is 11.1. The lowest BCUT2D eigenvalue weighted by molar-refractivity contribution is 0.0695. The van der Waals surface area contributed by atoms with Crippen molar-refractivity contribution in [2.75, 3.05) is 0 Å². The number of carboxylic acid groups (broad SMARTS) is 1. The second-order valence-corrected chi connectivity index (χ2v) is 5.23. The smallest absolute Gasteiger partial charge is 0.339 e. The largest absolute Gasteiger partial charge is 0.552 e. The van der Waals surface area contributed by atoms with Gasteiger partial charge in [-0.15, -0.1) is 0 Å². The van der Waals surface area contributed by atoms with Gasteiger partial charge in [0.25, 0.3) is 0 Å². The van der Waals surface area contributed by atoms with Gasteiger partial charge in [0, 0.05) is 0 Å². The van der Waals surface area contributed by atoms with E-state index in [4.69, 9.17) is 9.53 Å². The lowest BCUT2D eigenvalue weighted by atomic mass is 10.0. The Balaban J connectivity index is 2.53. The third-order valence-corrected chi connectivity index (χ3v) is 3.74. The SMILES string of the molecule is CCCCCCCCc1cccc(C(=O)O)c1O[SiH3].